The zero-order chi connectivity index (χ0) is 11.9. The number of halogens is 3. The van der Waals surface area contributed by atoms with Crippen LogP contribution in [0.1, 0.15) is 0 Å². The van der Waals surface area contributed by atoms with Crippen molar-refractivity contribution in [3.05, 3.63) is 18.2 Å². The number of aromatic amines is 1. The number of hydrogen-bond donors (Lipinski definition) is 2. The van der Waals surface area contributed by atoms with Crippen LogP contribution >= 0.6 is 0 Å². The van der Waals surface area contributed by atoms with Crippen LogP contribution in [0.25, 0.3) is 11.0 Å². The van der Waals surface area contributed by atoms with E-state index in [1.165, 1.54) is 18.2 Å². The molecule has 0 saturated heterocycles. The van der Waals surface area contributed by atoms with Gasteiger partial charge in [0.25, 0.3) is 0 Å². The van der Waals surface area contributed by atoms with Gasteiger partial charge >= 0.3 is 5.51 Å². The van der Waals surface area contributed by atoms with Crippen LogP contribution in [0, 0.1) is 0 Å². The number of aromatic nitrogens is 2. The lowest BCUT2D eigenvalue weighted by molar-refractivity contribution is -0.0387. The molecule has 0 saturated carbocycles. The van der Waals surface area contributed by atoms with E-state index in [-0.39, 0.29) is 0 Å². The van der Waals surface area contributed by atoms with Gasteiger partial charge < -0.3 is 10.7 Å². The number of nitrogens with two attached hydrogens (primary N) is 1. The lowest BCUT2D eigenvalue weighted by atomic mass is 10.3. The van der Waals surface area contributed by atoms with Gasteiger partial charge in [0.2, 0.25) is 5.16 Å². The Balaban J connectivity index is 2.52. The number of nitrogens with zero attached hydrogens (tertiary/aromatic N) is 1. The average molecular weight is 249 g/mol. The van der Waals surface area contributed by atoms with Gasteiger partial charge in [0, 0.05) is 5.69 Å². The molecule has 1 aromatic carbocycles. The SMILES string of the molecule is Nc1ccc2nc(S(=O)C(F)(F)F)[nH]c2c1. The zero-order valence-corrected chi connectivity index (χ0v) is 8.52. The molecular weight excluding hydrogens is 243 g/mol. The van der Waals surface area contributed by atoms with E-state index < -0.39 is 21.5 Å². The first-order valence-corrected chi connectivity index (χ1v) is 5.27. The van der Waals surface area contributed by atoms with Crippen molar-refractivity contribution in [1.29, 1.82) is 0 Å². The smallest absolute Gasteiger partial charge is 0.399 e. The van der Waals surface area contributed by atoms with Crippen molar-refractivity contribution >= 4 is 27.5 Å². The predicted molar refractivity (Wildman–Crippen MR) is 53.0 cm³/mol. The quantitative estimate of drug-likeness (QED) is 0.756. The Kier molecular flexibility index (Phi) is 2.38. The highest BCUT2D eigenvalue weighted by molar-refractivity contribution is 7.85. The van der Waals surface area contributed by atoms with Crippen LogP contribution in [-0.4, -0.2) is 19.7 Å². The molecule has 0 bridgehead atoms. The molecule has 0 amide bonds. The molecule has 3 N–H and O–H groups in total. The summed E-state index contributed by atoms with van der Waals surface area (Å²) in [5.41, 5.74) is 1.64. The Morgan fingerprint density at radius 2 is 2.06 bits per heavy atom. The van der Waals surface area contributed by atoms with Crippen LogP contribution in [0.2, 0.25) is 0 Å². The summed E-state index contributed by atoms with van der Waals surface area (Å²) in [5.74, 6) is 0. The van der Waals surface area contributed by atoms with Gasteiger partial charge in [-0.1, -0.05) is 0 Å². The number of rotatable bonds is 1. The van der Waals surface area contributed by atoms with E-state index in [1.54, 1.807) is 0 Å². The highest BCUT2D eigenvalue weighted by Crippen LogP contribution is 2.26. The molecule has 0 fully saturated rings. The number of benzene rings is 1. The molecule has 0 aliphatic carbocycles. The van der Waals surface area contributed by atoms with E-state index in [0.717, 1.165) is 0 Å². The number of imidazole rings is 1. The fraction of sp³-hybridized carbons (Fsp3) is 0.125. The Morgan fingerprint density at radius 3 is 2.69 bits per heavy atom. The molecule has 0 spiro atoms. The van der Waals surface area contributed by atoms with Crippen molar-refractivity contribution in [1.82, 2.24) is 9.97 Å². The van der Waals surface area contributed by atoms with Crippen molar-refractivity contribution in [3.8, 4) is 0 Å². The third kappa shape index (κ3) is 1.87. The fourth-order valence-electron chi connectivity index (χ4n) is 1.20. The molecule has 0 radical (unpaired) electrons. The minimum Gasteiger partial charge on any atom is -0.399 e. The first-order chi connectivity index (χ1) is 7.38. The predicted octanol–water partition coefficient (Wildman–Crippen LogP) is 1.77. The molecule has 8 heteroatoms. The maximum atomic E-state index is 12.2. The molecule has 1 heterocycles. The molecule has 1 atom stereocenters. The fourth-order valence-corrected chi connectivity index (χ4v) is 1.80. The largest absolute Gasteiger partial charge is 0.478 e. The molecule has 2 aromatic rings. The van der Waals surface area contributed by atoms with E-state index in [2.05, 4.69) is 9.97 Å². The van der Waals surface area contributed by atoms with E-state index >= 15 is 0 Å². The molecule has 2 rings (SSSR count). The third-order valence-corrected chi connectivity index (χ3v) is 2.84. The molecule has 1 aromatic heterocycles. The third-order valence-electron chi connectivity index (χ3n) is 1.87. The van der Waals surface area contributed by atoms with E-state index in [0.29, 0.717) is 16.7 Å². The monoisotopic (exact) mass is 249 g/mol. The molecular formula is C8H6F3N3OS. The number of fused-ring (bicyclic) bond motifs is 1. The van der Waals surface area contributed by atoms with Crippen molar-refractivity contribution in [2.45, 2.75) is 10.7 Å². The van der Waals surface area contributed by atoms with Gasteiger partial charge in [-0.25, -0.2) is 9.19 Å². The van der Waals surface area contributed by atoms with Gasteiger partial charge in [-0.2, -0.15) is 13.2 Å². The highest BCUT2D eigenvalue weighted by atomic mass is 32.2. The molecule has 1 unspecified atom stereocenters. The zero-order valence-electron chi connectivity index (χ0n) is 7.71. The Bertz CT molecular complexity index is 563. The summed E-state index contributed by atoms with van der Waals surface area (Å²) in [6.45, 7) is 0. The molecule has 4 nitrogen and oxygen atoms in total. The topological polar surface area (TPSA) is 71.8 Å². The normalized spacial score (nSPS) is 14.2. The second kappa shape index (κ2) is 3.48. The summed E-state index contributed by atoms with van der Waals surface area (Å²) in [6, 6.07) is 4.39. The van der Waals surface area contributed by atoms with Gasteiger partial charge in [0.05, 0.1) is 11.0 Å². The first-order valence-electron chi connectivity index (χ1n) is 4.12. The maximum Gasteiger partial charge on any atom is 0.478 e. The second-order valence-corrected chi connectivity index (χ2v) is 4.42. The van der Waals surface area contributed by atoms with E-state index in [1.807, 2.05) is 0 Å². The van der Waals surface area contributed by atoms with Crippen LogP contribution in [0.3, 0.4) is 0 Å². The van der Waals surface area contributed by atoms with Crippen molar-refractivity contribution in [2.24, 2.45) is 0 Å². The van der Waals surface area contributed by atoms with Gasteiger partial charge in [0.1, 0.15) is 0 Å². The van der Waals surface area contributed by atoms with Crippen LogP contribution in [0.4, 0.5) is 18.9 Å². The Hall–Kier alpha value is -1.57. The second-order valence-electron chi connectivity index (χ2n) is 3.03. The lowest BCUT2D eigenvalue weighted by Crippen LogP contribution is -2.17. The number of anilines is 1. The Morgan fingerprint density at radius 1 is 1.38 bits per heavy atom. The maximum absolute atomic E-state index is 12.2. The number of nitrogens with one attached hydrogen (secondary N) is 1. The summed E-state index contributed by atoms with van der Waals surface area (Å²) >= 11 is 0. The van der Waals surface area contributed by atoms with Gasteiger partial charge in [-0.05, 0) is 18.2 Å². The molecule has 0 aliphatic heterocycles. The van der Waals surface area contributed by atoms with Gasteiger partial charge in [-0.3, -0.25) is 0 Å². The summed E-state index contributed by atoms with van der Waals surface area (Å²) in [7, 11) is -3.15. The molecule has 0 aliphatic rings. The summed E-state index contributed by atoms with van der Waals surface area (Å²) in [4.78, 5) is 5.92. The van der Waals surface area contributed by atoms with E-state index in [4.69, 9.17) is 5.73 Å². The summed E-state index contributed by atoms with van der Waals surface area (Å²) < 4.78 is 47.5. The van der Waals surface area contributed by atoms with Gasteiger partial charge in [-0.15, -0.1) is 0 Å². The number of nitrogen functional groups attached to an aromatic ring is 1. The van der Waals surface area contributed by atoms with Crippen molar-refractivity contribution < 1.29 is 17.4 Å². The summed E-state index contributed by atoms with van der Waals surface area (Å²) in [6.07, 6.45) is 0. The van der Waals surface area contributed by atoms with Crippen LogP contribution in [0.15, 0.2) is 23.4 Å². The summed E-state index contributed by atoms with van der Waals surface area (Å²) in [5, 5.41) is -0.617. The first kappa shape index (κ1) is 10.9. The van der Waals surface area contributed by atoms with Crippen LogP contribution in [-0.2, 0) is 10.8 Å². The van der Waals surface area contributed by atoms with Crippen LogP contribution in [0.5, 0.6) is 0 Å². The minimum atomic E-state index is -4.82. The Labute approximate surface area is 90.1 Å². The van der Waals surface area contributed by atoms with Crippen LogP contribution < -0.4 is 5.73 Å². The number of alkyl halides is 3. The van der Waals surface area contributed by atoms with Crippen molar-refractivity contribution in [3.63, 3.8) is 0 Å². The lowest BCUT2D eigenvalue weighted by Gasteiger charge is -2.01. The average Bonchev–Trinajstić information content (AvgIpc) is 2.57. The van der Waals surface area contributed by atoms with Gasteiger partial charge in [0.15, 0.2) is 10.8 Å². The van der Waals surface area contributed by atoms with Crippen molar-refractivity contribution in [2.75, 3.05) is 5.73 Å². The number of H-pyrrole nitrogens is 1. The minimum absolute atomic E-state index is 0.293. The highest BCUT2D eigenvalue weighted by Gasteiger charge is 2.40. The molecule has 86 valence electrons. The molecule has 16 heavy (non-hydrogen) atoms. The standard InChI is InChI=1S/C8H6F3N3OS/c9-8(10,11)16(15)7-13-5-2-1-4(12)3-6(5)14-7/h1-3H,12H2,(H,13,14). The van der Waals surface area contributed by atoms with E-state index in [9.17, 15) is 17.4 Å². The number of hydrogen-bond acceptors (Lipinski definition) is 3.